The van der Waals surface area contributed by atoms with Crippen LogP contribution in [0.25, 0.3) is 11.1 Å². The van der Waals surface area contributed by atoms with E-state index in [0.717, 1.165) is 11.5 Å². The van der Waals surface area contributed by atoms with E-state index in [-0.39, 0.29) is 5.41 Å². The van der Waals surface area contributed by atoms with E-state index in [0.29, 0.717) is 0 Å². The van der Waals surface area contributed by atoms with Crippen molar-refractivity contribution in [2.45, 2.75) is 12.3 Å². The van der Waals surface area contributed by atoms with E-state index >= 15 is 0 Å². The van der Waals surface area contributed by atoms with Gasteiger partial charge in [-0.3, -0.25) is 0 Å². The first-order valence-electron chi connectivity index (χ1n) is 9.38. The van der Waals surface area contributed by atoms with Crippen LogP contribution in [-0.2, 0) is 5.41 Å². The molecule has 1 heteroatoms. The Morgan fingerprint density at radius 2 is 1.11 bits per heavy atom. The predicted octanol–water partition coefficient (Wildman–Crippen LogP) is 6.46. The maximum Gasteiger partial charge on any atom is 0.132 e. The molecule has 0 atom stereocenters. The number of ether oxygens (including phenoxy) is 1. The summed E-state index contributed by atoms with van der Waals surface area (Å²) in [6, 6.07) is 32.6. The minimum absolute atomic E-state index is 0.330. The maximum atomic E-state index is 6.32. The third kappa shape index (κ3) is 1.74. The van der Waals surface area contributed by atoms with Gasteiger partial charge < -0.3 is 4.74 Å². The fourth-order valence-corrected chi connectivity index (χ4v) is 4.97. The van der Waals surface area contributed by atoms with Gasteiger partial charge in [0.05, 0.1) is 5.41 Å². The average Bonchev–Trinajstić information content (AvgIpc) is 2.99. The number of fused-ring (bicyclic) bond motifs is 9. The van der Waals surface area contributed by atoms with E-state index in [4.69, 9.17) is 4.74 Å². The zero-order valence-corrected chi connectivity index (χ0v) is 15.1. The first-order valence-corrected chi connectivity index (χ1v) is 9.38. The van der Waals surface area contributed by atoms with Crippen LogP contribution in [0, 0.1) is 6.92 Å². The Morgan fingerprint density at radius 1 is 0.556 bits per heavy atom. The van der Waals surface area contributed by atoms with Crippen molar-refractivity contribution in [3.05, 3.63) is 119 Å². The predicted molar refractivity (Wildman–Crippen MR) is 109 cm³/mol. The number of aryl methyl sites for hydroxylation is 1. The molecule has 2 aliphatic rings. The van der Waals surface area contributed by atoms with Crippen molar-refractivity contribution in [1.29, 1.82) is 0 Å². The molecule has 4 aromatic carbocycles. The molecule has 0 N–H and O–H groups in total. The van der Waals surface area contributed by atoms with Gasteiger partial charge in [0.1, 0.15) is 11.5 Å². The molecule has 0 radical (unpaired) electrons. The molecule has 1 aliphatic heterocycles. The highest BCUT2D eigenvalue weighted by molar-refractivity contribution is 5.88. The van der Waals surface area contributed by atoms with Crippen molar-refractivity contribution in [1.82, 2.24) is 0 Å². The summed E-state index contributed by atoms with van der Waals surface area (Å²) in [5.74, 6) is 1.89. The standard InChI is InChI=1S/C26H18O/c1-17-14-15-19-18-8-2-3-9-20(18)26(23(19)16-17)21-10-4-6-12-24(21)27-25-13-7-5-11-22(25)26/h2-16H,1H3. The monoisotopic (exact) mass is 346 g/mol. The van der Waals surface area contributed by atoms with Crippen molar-refractivity contribution < 1.29 is 4.74 Å². The van der Waals surface area contributed by atoms with Gasteiger partial charge in [0.15, 0.2) is 0 Å². The van der Waals surface area contributed by atoms with Gasteiger partial charge in [-0.2, -0.15) is 0 Å². The first-order chi connectivity index (χ1) is 13.3. The van der Waals surface area contributed by atoms with Crippen LogP contribution in [0.1, 0.15) is 27.8 Å². The Kier molecular flexibility index (Phi) is 2.80. The Hall–Kier alpha value is -3.32. The van der Waals surface area contributed by atoms with Gasteiger partial charge in [-0.15, -0.1) is 0 Å². The van der Waals surface area contributed by atoms with Crippen LogP contribution >= 0.6 is 0 Å². The molecular formula is C26H18O. The summed E-state index contributed by atoms with van der Waals surface area (Å²) in [5, 5.41) is 0. The molecule has 0 amide bonds. The molecule has 0 saturated carbocycles. The van der Waals surface area contributed by atoms with E-state index in [2.05, 4.69) is 97.9 Å². The summed E-state index contributed by atoms with van der Waals surface area (Å²) in [7, 11) is 0. The Labute approximate surface area is 158 Å². The molecule has 4 aromatic rings. The highest BCUT2D eigenvalue weighted by Crippen LogP contribution is 2.61. The molecule has 0 fully saturated rings. The lowest BCUT2D eigenvalue weighted by Crippen LogP contribution is -2.32. The number of para-hydroxylation sites is 2. The summed E-state index contributed by atoms with van der Waals surface area (Å²) in [5.41, 5.74) is 8.73. The van der Waals surface area contributed by atoms with Crippen LogP contribution in [0.5, 0.6) is 11.5 Å². The number of hydrogen-bond donors (Lipinski definition) is 0. The molecule has 0 saturated heterocycles. The molecule has 6 rings (SSSR count). The third-order valence-corrected chi connectivity index (χ3v) is 6.00. The lowest BCUT2D eigenvalue weighted by Gasteiger charge is -2.39. The zero-order chi connectivity index (χ0) is 18.0. The molecule has 1 aliphatic carbocycles. The normalized spacial score (nSPS) is 14.7. The number of rotatable bonds is 0. The fourth-order valence-electron chi connectivity index (χ4n) is 4.97. The molecule has 0 bridgehead atoms. The van der Waals surface area contributed by atoms with E-state index in [9.17, 15) is 0 Å². The van der Waals surface area contributed by atoms with Gasteiger partial charge in [0.2, 0.25) is 0 Å². The number of hydrogen-bond acceptors (Lipinski definition) is 1. The van der Waals surface area contributed by atoms with Gasteiger partial charge in [0.25, 0.3) is 0 Å². The van der Waals surface area contributed by atoms with Gasteiger partial charge in [0, 0.05) is 11.1 Å². The van der Waals surface area contributed by atoms with E-state index in [1.807, 2.05) is 0 Å². The van der Waals surface area contributed by atoms with Crippen LogP contribution < -0.4 is 4.74 Å². The van der Waals surface area contributed by atoms with Crippen LogP contribution in [0.4, 0.5) is 0 Å². The summed E-state index contributed by atoms with van der Waals surface area (Å²) in [6.45, 7) is 2.17. The second-order valence-corrected chi connectivity index (χ2v) is 7.44. The lowest BCUT2D eigenvalue weighted by molar-refractivity contribution is 0.436. The Morgan fingerprint density at radius 3 is 1.81 bits per heavy atom. The molecule has 0 aromatic heterocycles. The Bertz CT molecular complexity index is 1170. The second-order valence-electron chi connectivity index (χ2n) is 7.44. The van der Waals surface area contributed by atoms with Gasteiger partial charge in [-0.05, 0) is 41.3 Å². The molecule has 1 spiro atoms. The SMILES string of the molecule is Cc1ccc2c(c1)C1(c3ccccc3Oc3ccccc31)c1ccccc1-2. The van der Waals surface area contributed by atoms with Crippen molar-refractivity contribution in [3.63, 3.8) is 0 Å². The van der Waals surface area contributed by atoms with Crippen molar-refractivity contribution in [3.8, 4) is 22.6 Å². The largest absolute Gasteiger partial charge is 0.457 e. The lowest BCUT2D eigenvalue weighted by atomic mass is 9.66. The third-order valence-electron chi connectivity index (χ3n) is 6.00. The Balaban J connectivity index is 1.87. The molecule has 128 valence electrons. The highest BCUT2D eigenvalue weighted by atomic mass is 16.5. The summed E-state index contributed by atoms with van der Waals surface area (Å²) >= 11 is 0. The molecule has 0 unspecified atom stereocenters. The van der Waals surface area contributed by atoms with Crippen LogP contribution in [0.3, 0.4) is 0 Å². The highest BCUT2D eigenvalue weighted by Gasteiger charge is 2.50. The average molecular weight is 346 g/mol. The number of benzene rings is 4. The zero-order valence-electron chi connectivity index (χ0n) is 15.1. The first kappa shape index (κ1) is 14.8. The van der Waals surface area contributed by atoms with Crippen molar-refractivity contribution in [2.75, 3.05) is 0 Å². The quantitative estimate of drug-likeness (QED) is 0.306. The van der Waals surface area contributed by atoms with Gasteiger partial charge >= 0.3 is 0 Å². The van der Waals surface area contributed by atoms with Crippen molar-refractivity contribution >= 4 is 0 Å². The van der Waals surface area contributed by atoms with E-state index in [1.54, 1.807) is 0 Å². The van der Waals surface area contributed by atoms with Crippen LogP contribution in [-0.4, -0.2) is 0 Å². The van der Waals surface area contributed by atoms with E-state index < -0.39 is 0 Å². The van der Waals surface area contributed by atoms with Crippen molar-refractivity contribution in [2.24, 2.45) is 0 Å². The molecular weight excluding hydrogens is 328 g/mol. The summed E-state index contributed by atoms with van der Waals surface area (Å²) in [6.07, 6.45) is 0. The molecule has 1 nitrogen and oxygen atoms in total. The topological polar surface area (TPSA) is 9.23 Å². The molecule has 1 heterocycles. The van der Waals surface area contributed by atoms with E-state index in [1.165, 1.54) is 38.9 Å². The van der Waals surface area contributed by atoms with Gasteiger partial charge in [-0.25, -0.2) is 0 Å². The minimum atomic E-state index is -0.330. The summed E-state index contributed by atoms with van der Waals surface area (Å²) < 4.78 is 6.32. The molecule has 27 heavy (non-hydrogen) atoms. The fraction of sp³-hybridized carbons (Fsp3) is 0.0769. The summed E-state index contributed by atoms with van der Waals surface area (Å²) in [4.78, 5) is 0. The maximum absolute atomic E-state index is 6.32. The smallest absolute Gasteiger partial charge is 0.132 e. The van der Waals surface area contributed by atoms with Crippen LogP contribution in [0.2, 0.25) is 0 Å². The minimum Gasteiger partial charge on any atom is -0.457 e. The van der Waals surface area contributed by atoms with Gasteiger partial charge in [-0.1, -0.05) is 84.4 Å². The second kappa shape index (κ2) is 5.11. The van der Waals surface area contributed by atoms with Crippen LogP contribution in [0.15, 0.2) is 91.0 Å².